The maximum Gasteiger partial charge on any atom is 0.415 e. The molecule has 1 N–H and O–H groups in total. The van der Waals surface area contributed by atoms with Crippen molar-refractivity contribution >= 4 is 6.09 Å². The average Bonchev–Trinajstić information content (AvgIpc) is 2.30. The molecule has 1 aromatic heterocycles. The van der Waals surface area contributed by atoms with Crippen LogP contribution in [0.15, 0.2) is 10.6 Å². The van der Waals surface area contributed by atoms with Gasteiger partial charge in [0.2, 0.25) is 0 Å². The van der Waals surface area contributed by atoms with Gasteiger partial charge in [-0.15, -0.1) is 0 Å². The molecule has 1 heterocycles. The van der Waals surface area contributed by atoms with E-state index >= 15 is 0 Å². The number of nitrogens with zero attached hydrogens (tertiary/aromatic N) is 1. The van der Waals surface area contributed by atoms with Crippen molar-refractivity contribution in [3.8, 4) is 5.95 Å². The lowest BCUT2D eigenvalue weighted by Crippen LogP contribution is -2.42. The number of ether oxygens (including phenoxy) is 1. The molecule has 0 unspecified atom stereocenters. The molecule has 0 spiro atoms. The Balaban J connectivity index is 2.50. The highest BCUT2D eigenvalue weighted by Crippen LogP contribution is 2.11. The van der Waals surface area contributed by atoms with Crippen LogP contribution < -0.4 is 10.1 Å². The van der Waals surface area contributed by atoms with E-state index in [4.69, 9.17) is 9.26 Å². The van der Waals surface area contributed by atoms with Gasteiger partial charge in [0.1, 0.15) is 0 Å². The quantitative estimate of drug-likeness (QED) is 0.748. The summed E-state index contributed by atoms with van der Waals surface area (Å²) in [5, 5.41) is 6.21. The van der Waals surface area contributed by atoms with Crippen molar-refractivity contribution in [3.63, 3.8) is 0 Å². The Morgan fingerprint density at radius 1 is 1.57 bits per heavy atom. The molecule has 0 saturated carbocycles. The van der Waals surface area contributed by atoms with Crippen LogP contribution in [0.1, 0.15) is 26.5 Å². The molecule has 0 bridgehead atoms. The van der Waals surface area contributed by atoms with Crippen molar-refractivity contribution in [2.45, 2.75) is 33.2 Å². The number of amides is 1. The molecule has 0 aromatic carbocycles. The standard InChI is InChI=1S/C9H14N2O3/c1-6-5-7(14-11-6)13-8(12)10-9(2,3)4/h5H,1-4H3,(H,10,12). The van der Waals surface area contributed by atoms with Crippen LogP contribution in [0.3, 0.4) is 0 Å². The van der Waals surface area contributed by atoms with Crippen LogP contribution in [-0.2, 0) is 0 Å². The number of nitrogens with one attached hydrogen (secondary N) is 1. The summed E-state index contributed by atoms with van der Waals surface area (Å²) < 4.78 is 9.55. The van der Waals surface area contributed by atoms with E-state index in [2.05, 4.69) is 10.5 Å². The van der Waals surface area contributed by atoms with Gasteiger partial charge in [-0.25, -0.2) is 4.79 Å². The number of aromatic nitrogens is 1. The molecular formula is C9H14N2O3. The second kappa shape index (κ2) is 3.69. The number of hydrogen-bond acceptors (Lipinski definition) is 4. The SMILES string of the molecule is Cc1cc(OC(=O)NC(C)(C)C)on1. The van der Waals surface area contributed by atoms with Crippen molar-refractivity contribution in [1.29, 1.82) is 0 Å². The molecule has 1 aromatic rings. The zero-order chi connectivity index (χ0) is 10.8. The molecule has 78 valence electrons. The van der Waals surface area contributed by atoms with Crippen molar-refractivity contribution in [2.24, 2.45) is 0 Å². The summed E-state index contributed by atoms with van der Waals surface area (Å²) in [5.74, 6) is 0.101. The van der Waals surface area contributed by atoms with Crippen molar-refractivity contribution in [1.82, 2.24) is 10.5 Å². The van der Waals surface area contributed by atoms with E-state index in [-0.39, 0.29) is 11.5 Å². The van der Waals surface area contributed by atoms with Gasteiger partial charge in [-0.05, 0) is 27.7 Å². The first-order chi connectivity index (χ1) is 6.37. The summed E-state index contributed by atoms with van der Waals surface area (Å²) >= 11 is 0. The lowest BCUT2D eigenvalue weighted by molar-refractivity contribution is 0.172. The fraction of sp³-hybridized carbons (Fsp3) is 0.556. The number of rotatable bonds is 1. The molecule has 1 rings (SSSR count). The van der Waals surface area contributed by atoms with Crippen LogP contribution in [0.25, 0.3) is 0 Å². The van der Waals surface area contributed by atoms with E-state index in [1.807, 2.05) is 20.8 Å². The molecule has 0 aliphatic heterocycles. The first-order valence-corrected chi connectivity index (χ1v) is 4.30. The summed E-state index contributed by atoms with van der Waals surface area (Å²) in [6, 6.07) is 1.54. The average molecular weight is 198 g/mol. The number of carbonyl (C=O) groups is 1. The predicted molar refractivity (Wildman–Crippen MR) is 50.2 cm³/mol. The summed E-state index contributed by atoms with van der Waals surface area (Å²) in [6.07, 6.45) is -0.548. The highest BCUT2D eigenvalue weighted by atomic mass is 16.7. The van der Waals surface area contributed by atoms with E-state index in [9.17, 15) is 4.79 Å². The highest BCUT2D eigenvalue weighted by molar-refractivity contribution is 5.70. The highest BCUT2D eigenvalue weighted by Gasteiger charge is 2.16. The van der Waals surface area contributed by atoms with Crippen molar-refractivity contribution in [2.75, 3.05) is 0 Å². The molecule has 5 nitrogen and oxygen atoms in total. The summed E-state index contributed by atoms with van der Waals surface area (Å²) in [6.45, 7) is 7.33. The topological polar surface area (TPSA) is 64.4 Å². The fourth-order valence-corrected chi connectivity index (χ4v) is 0.811. The van der Waals surface area contributed by atoms with Crippen molar-refractivity contribution < 1.29 is 14.1 Å². The van der Waals surface area contributed by atoms with Gasteiger partial charge in [0.15, 0.2) is 0 Å². The monoisotopic (exact) mass is 198 g/mol. The minimum Gasteiger partial charge on any atom is -0.374 e. The molecule has 0 fully saturated rings. The van der Waals surface area contributed by atoms with E-state index in [1.165, 1.54) is 0 Å². The fourth-order valence-electron chi connectivity index (χ4n) is 0.811. The molecule has 0 atom stereocenters. The van der Waals surface area contributed by atoms with E-state index in [0.29, 0.717) is 5.69 Å². The number of hydrogen-bond donors (Lipinski definition) is 1. The van der Waals surface area contributed by atoms with Gasteiger partial charge in [-0.1, -0.05) is 5.16 Å². The Hall–Kier alpha value is -1.52. The Morgan fingerprint density at radius 2 is 2.21 bits per heavy atom. The number of aryl methyl sites for hydroxylation is 1. The minimum absolute atomic E-state index is 0.101. The second-order valence-corrected chi connectivity index (χ2v) is 4.05. The third kappa shape index (κ3) is 3.47. The van der Waals surface area contributed by atoms with Crippen LogP contribution in [0.2, 0.25) is 0 Å². The lowest BCUT2D eigenvalue weighted by atomic mass is 10.1. The first-order valence-electron chi connectivity index (χ1n) is 4.30. The zero-order valence-corrected chi connectivity index (χ0v) is 8.75. The van der Waals surface area contributed by atoms with Crippen LogP contribution in [0, 0.1) is 6.92 Å². The summed E-state index contributed by atoms with van der Waals surface area (Å²) in [5.41, 5.74) is 0.343. The Labute approximate surface area is 82.4 Å². The largest absolute Gasteiger partial charge is 0.415 e. The Morgan fingerprint density at radius 3 is 2.64 bits per heavy atom. The maximum atomic E-state index is 11.2. The van der Waals surface area contributed by atoms with Gasteiger partial charge in [-0.2, -0.15) is 0 Å². The van der Waals surface area contributed by atoms with Crippen LogP contribution >= 0.6 is 0 Å². The number of carbonyl (C=O) groups excluding carboxylic acids is 1. The van der Waals surface area contributed by atoms with Crippen LogP contribution in [0.4, 0.5) is 4.79 Å². The molecule has 0 aliphatic rings. The van der Waals surface area contributed by atoms with Crippen LogP contribution in [0.5, 0.6) is 5.95 Å². The summed E-state index contributed by atoms with van der Waals surface area (Å²) in [4.78, 5) is 11.2. The van der Waals surface area contributed by atoms with Gasteiger partial charge in [-0.3, -0.25) is 0 Å². The van der Waals surface area contributed by atoms with E-state index < -0.39 is 6.09 Å². The second-order valence-electron chi connectivity index (χ2n) is 4.05. The Kier molecular flexibility index (Phi) is 2.78. The molecule has 5 heteroatoms. The van der Waals surface area contributed by atoms with Crippen LogP contribution in [-0.4, -0.2) is 16.8 Å². The van der Waals surface area contributed by atoms with E-state index in [1.54, 1.807) is 13.0 Å². The van der Waals surface area contributed by atoms with E-state index in [0.717, 1.165) is 0 Å². The third-order valence-electron chi connectivity index (χ3n) is 1.28. The van der Waals surface area contributed by atoms with Gasteiger partial charge >= 0.3 is 12.0 Å². The molecule has 1 amide bonds. The van der Waals surface area contributed by atoms with Gasteiger partial charge in [0.05, 0.1) is 5.69 Å². The third-order valence-corrected chi connectivity index (χ3v) is 1.28. The smallest absolute Gasteiger partial charge is 0.374 e. The normalized spacial score (nSPS) is 11.1. The predicted octanol–water partition coefficient (Wildman–Crippen LogP) is 1.87. The maximum absolute atomic E-state index is 11.2. The van der Waals surface area contributed by atoms with Gasteiger partial charge in [0, 0.05) is 11.6 Å². The van der Waals surface area contributed by atoms with Gasteiger partial charge in [0.25, 0.3) is 0 Å². The van der Waals surface area contributed by atoms with Crippen molar-refractivity contribution in [3.05, 3.63) is 11.8 Å². The molecule has 0 saturated heterocycles. The van der Waals surface area contributed by atoms with Gasteiger partial charge < -0.3 is 14.6 Å². The molecule has 0 aliphatic carbocycles. The summed E-state index contributed by atoms with van der Waals surface area (Å²) in [7, 11) is 0. The first kappa shape index (κ1) is 10.6. The zero-order valence-electron chi connectivity index (χ0n) is 8.75. The molecule has 14 heavy (non-hydrogen) atoms. The molecular weight excluding hydrogens is 184 g/mol. The molecule has 0 radical (unpaired) electrons. The minimum atomic E-state index is -0.548. The lowest BCUT2D eigenvalue weighted by Gasteiger charge is -2.18. The Bertz CT molecular complexity index is 325.